The van der Waals surface area contributed by atoms with Gasteiger partial charge in [0.25, 0.3) is 5.82 Å². The number of nitrogens with zero attached hydrogens (tertiary/aromatic N) is 2. The van der Waals surface area contributed by atoms with E-state index in [1.54, 1.807) is 0 Å². The number of aryl methyl sites for hydroxylation is 1. The fraction of sp³-hybridized carbons (Fsp3) is 0.625. The topological polar surface area (TPSA) is 8.81 Å². The van der Waals surface area contributed by atoms with E-state index in [-0.39, 0.29) is 0 Å². The van der Waals surface area contributed by atoms with Gasteiger partial charge in [-0.2, -0.15) is 0 Å². The minimum atomic E-state index is 1.07. The molecule has 3 heteroatoms. The van der Waals surface area contributed by atoms with Crippen LogP contribution in [0.3, 0.4) is 0 Å². The molecule has 0 aromatic carbocycles. The van der Waals surface area contributed by atoms with E-state index in [0.29, 0.717) is 0 Å². The molecule has 0 atom stereocenters. The van der Waals surface area contributed by atoms with Gasteiger partial charge in [-0.05, 0) is 5.75 Å². The zero-order valence-corrected chi connectivity index (χ0v) is 8.19. The van der Waals surface area contributed by atoms with E-state index >= 15 is 0 Å². The van der Waals surface area contributed by atoms with E-state index in [1.165, 1.54) is 11.6 Å². The fourth-order valence-electron chi connectivity index (χ4n) is 0.925. The summed E-state index contributed by atoms with van der Waals surface area (Å²) in [4.78, 5) is 0. The molecule has 0 aliphatic heterocycles. The Labute approximate surface area is 72.2 Å². The van der Waals surface area contributed by atoms with Crippen LogP contribution in [0.1, 0.15) is 12.7 Å². The zero-order chi connectivity index (χ0) is 8.27. The van der Waals surface area contributed by atoms with Crippen molar-refractivity contribution in [2.75, 3.05) is 5.75 Å². The van der Waals surface area contributed by atoms with Gasteiger partial charge in [0.1, 0.15) is 18.3 Å². The van der Waals surface area contributed by atoms with Gasteiger partial charge in [-0.25, -0.2) is 9.13 Å². The first kappa shape index (κ1) is 8.65. The van der Waals surface area contributed by atoms with Gasteiger partial charge in [-0.15, -0.1) is 11.8 Å². The molecule has 2 nitrogen and oxygen atoms in total. The van der Waals surface area contributed by atoms with Crippen LogP contribution in [-0.4, -0.2) is 10.3 Å². The average molecular weight is 171 g/mol. The Hall–Kier alpha value is -0.440. The SMILES string of the molecule is CCSCn1cc[n+](C)c1C. The number of aromatic nitrogens is 2. The maximum Gasteiger partial charge on any atom is 0.253 e. The predicted octanol–water partition coefficient (Wildman–Crippen LogP) is 1.33. The van der Waals surface area contributed by atoms with Gasteiger partial charge >= 0.3 is 0 Å². The third-order valence-electron chi connectivity index (χ3n) is 1.83. The van der Waals surface area contributed by atoms with Crippen molar-refractivity contribution in [3.63, 3.8) is 0 Å². The monoisotopic (exact) mass is 171 g/mol. The van der Waals surface area contributed by atoms with Crippen molar-refractivity contribution in [2.45, 2.75) is 19.7 Å². The molecular weight excluding hydrogens is 156 g/mol. The normalized spacial score (nSPS) is 10.5. The van der Waals surface area contributed by atoms with Crippen LogP contribution in [0.15, 0.2) is 12.4 Å². The minimum absolute atomic E-state index is 1.07. The second-order valence-corrected chi connectivity index (χ2v) is 3.79. The van der Waals surface area contributed by atoms with Crippen LogP contribution in [0, 0.1) is 6.92 Å². The lowest BCUT2D eigenvalue weighted by Crippen LogP contribution is -2.29. The Morgan fingerprint density at radius 1 is 1.64 bits per heavy atom. The molecule has 0 aliphatic rings. The highest BCUT2D eigenvalue weighted by atomic mass is 32.2. The molecule has 0 amide bonds. The summed E-state index contributed by atoms with van der Waals surface area (Å²) in [6.45, 7) is 4.32. The van der Waals surface area contributed by atoms with Crippen molar-refractivity contribution in [3.8, 4) is 0 Å². The molecule has 1 heterocycles. The van der Waals surface area contributed by atoms with Crippen molar-refractivity contribution in [1.29, 1.82) is 0 Å². The van der Waals surface area contributed by atoms with Crippen molar-refractivity contribution in [1.82, 2.24) is 4.57 Å². The molecule has 0 spiro atoms. The summed E-state index contributed by atoms with van der Waals surface area (Å²) >= 11 is 1.94. The van der Waals surface area contributed by atoms with Crippen LogP contribution in [0.5, 0.6) is 0 Å². The first-order valence-electron chi connectivity index (χ1n) is 3.84. The van der Waals surface area contributed by atoms with E-state index in [2.05, 4.69) is 42.4 Å². The van der Waals surface area contributed by atoms with Gasteiger partial charge in [-0.1, -0.05) is 6.92 Å². The summed E-state index contributed by atoms with van der Waals surface area (Å²) in [6, 6.07) is 0. The van der Waals surface area contributed by atoms with Gasteiger partial charge in [0.2, 0.25) is 0 Å². The average Bonchev–Trinajstić information content (AvgIpc) is 2.31. The Morgan fingerprint density at radius 3 is 2.82 bits per heavy atom. The van der Waals surface area contributed by atoms with E-state index in [1.807, 2.05) is 11.8 Å². The van der Waals surface area contributed by atoms with Crippen LogP contribution in [0.2, 0.25) is 0 Å². The minimum Gasteiger partial charge on any atom is -0.237 e. The standard InChI is InChI=1S/C8H15N2S/c1-4-11-7-10-6-5-9(3)8(10)2/h5-6H,4,7H2,1-3H3/q+1. The first-order chi connectivity index (χ1) is 5.25. The summed E-state index contributed by atoms with van der Waals surface area (Å²) in [6.07, 6.45) is 4.21. The fourth-order valence-corrected chi connectivity index (χ4v) is 1.58. The summed E-state index contributed by atoms with van der Waals surface area (Å²) in [5.74, 6) is 3.57. The van der Waals surface area contributed by atoms with Gasteiger partial charge in [0.15, 0.2) is 0 Å². The van der Waals surface area contributed by atoms with E-state index in [9.17, 15) is 0 Å². The van der Waals surface area contributed by atoms with Crippen LogP contribution >= 0.6 is 11.8 Å². The van der Waals surface area contributed by atoms with Gasteiger partial charge in [-0.3, -0.25) is 0 Å². The number of hydrogen-bond donors (Lipinski definition) is 0. The van der Waals surface area contributed by atoms with Crippen molar-refractivity contribution in [2.24, 2.45) is 7.05 Å². The lowest BCUT2D eigenvalue weighted by atomic mass is 10.7. The third kappa shape index (κ3) is 1.99. The van der Waals surface area contributed by atoms with Crippen molar-refractivity contribution in [3.05, 3.63) is 18.2 Å². The number of imidazole rings is 1. The molecule has 62 valence electrons. The molecule has 1 aromatic heterocycles. The van der Waals surface area contributed by atoms with E-state index in [4.69, 9.17) is 0 Å². The molecule has 0 radical (unpaired) electrons. The van der Waals surface area contributed by atoms with Crippen molar-refractivity contribution >= 4 is 11.8 Å². The summed E-state index contributed by atoms with van der Waals surface area (Å²) in [7, 11) is 2.07. The number of hydrogen-bond acceptors (Lipinski definition) is 1. The van der Waals surface area contributed by atoms with E-state index in [0.717, 1.165) is 5.88 Å². The molecule has 0 saturated heterocycles. The third-order valence-corrected chi connectivity index (χ3v) is 2.70. The molecule has 1 rings (SSSR count). The lowest BCUT2D eigenvalue weighted by molar-refractivity contribution is -0.677. The Bertz CT molecular complexity index is 230. The Balaban J connectivity index is 2.63. The van der Waals surface area contributed by atoms with Crippen LogP contribution in [0.4, 0.5) is 0 Å². The summed E-state index contributed by atoms with van der Waals surface area (Å²) in [5.41, 5.74) is 0. The number of rotatable bonds is 3. The maximum atomic E-state index is 2.26. The van der Waals surface area contributed by atoms with Gasteiger partial charge in [0.05, 0.1) is 7.05 Å². The highest BCUT2D eigenvalue weighted by Gasteiger charge is 2.06. The highest BCUT2D eigenvalue weighted by Crippen LogP contribution is 2.04. The van der Waals surface area contributed by atoms with Gasteiger partial charge < -0.3 is 0 Å². The molecule has 0 bridgehead atoms. The predicted molar refractivity (Wildman–Crippen MR) is 48.5 cm³/mol. The van der Waals surface area contributed by atoms with Crippen LogP contribution < -0.4 is 4.57 Å². The first-order valence-corrected chi connectivity index (χ1v) is 5.00. The van der Waals surface area contributed by atoms with Crippen LogP contribution in [0.25, 0.3) is 0 Å². The van der Waals surface area contributed by atoms with Crippen LogP contribution in [-0.2, 0) is 12.9 Å². The summed E-state index contributed by atoms with van der Waals surface area (Å²) in [5, 5.41) is 0. The molecule has 0 fully saturated rings. The Kier molecular flexibility index (Phi) is 3.00. The smallest absolute Gasteiger partial charge is 0.237 e. The molecule has 1 aromatic rings. The highest BCUT2D eigenvalue weighted by molar-refractivity contribution is 7.98. The molecular formula is C8H15N2S+. The molecule has 0 aliphatic carbocycles. The second kappa shape index (κ2) is 3.81. The largest absolute Gasteiger partial charge is 0.253 e. The molecule has 0 unspecified atom stereocenters. The van der Waals surface area contributed by atoms with Crippen molar-refractivity contribution < 1.29 is 4.57 Å². The quantitative estimate of drug-likeness (QED) is 0.623. The maximum absolute atomic E-state index is 2.26. The molecule has 0 N–H and O–H groups in total. The number of thioether (sulfide) groups is 1. The van der Waals surface area contributed by atoms with E-state index < -0.39 is 0 Å². The summed E-state index contributed by atoms with van der Waals surface area (Å²) < 4.78 is 4.39. The van der Waals surface area contributed by atoms with Gasteiger partial charge in [0, 0.05) is 6.92 Å². The zero-order valence-electron chi connectivity index (χ0n) is 7.37. The second-order valence-electron chi connectivity index (χ2n) is 2.55. The molecule has 11 heavy (non-hydrogen) atoms. The lowest BCUT2D eigenvalue weighted by Gasteiger charge is -1.95. The Morgan fingerprint density at radius 2 is 2.36 bits per heavy atom. The molecule has 0 saturated carbocycles.